The maximum atomic E-state index is 12.0. The topological polar surface area (TPSA) is 101 Å². The van der Waals surface area contributed by atoms with Gasteiger partial charge in [-0.1, -0.05) is 0 Å². The summed E-state index contributed by atoms with van der Waals surface area (Å²) in [6.07, 6.45) is 3.24. The molecule has 0 aromatic rings. The first-order chi connectivity index (χ1) is 9.04. The minimum Gasteiger partial charge on any atom is -0.481 e. The molecule has 0 aromatic carbocycles. The minimum atomic E-state index is -3.24. The van der Waals surface area contributed by atoms with Crippen molar-refractivity contribution in [2.24, 2.45) is 11.8 Å². The standard InChI is InChI=1S/C13H23NO5S/c1-13(2,20(3,18)19)8-14-11(15)9-4-6-10(7-5-9)12(16)17/h9-10H,4-8H2,1-3H3,(H,14,15)(H,16,17). The lowest BCUT2D eigenvalue weighted by Gasteiger charge is -2.27. The number of sulfone groups is 1. The third-order valence-corrected chi connectivity index (χ3v) is 6.29. The molecule has 0 heterocycles. The molecule has 1 rings (SSSR count). The zero-order chi connectivity index (χ0) is 15.6. The van der Waals surface area contributed by atoms with E-state index in [2.05, 4.69) is 5.32 Å². The van der Waals surface area contributed by atoms with Gasteiger partial charge in [-0.25, -0.2) is 8.42 Å². The molecular weight excluding hydrogens is 282 g/mol. The molecule has 0 spiro atoms. The Morgan fingerprint density at radius 2 is 1.60 bits per heavy atom. The molecule has 1 saturated carbocycles. The molecule has 0 aliphatic heterocycles. The van der Waals surface area contributed by atoms with Gasteiger partial charge in [-0.15, -0.1) is 0 Å². The SMILES string of the molecule is CC(C)(CNC(=O)C1CCC(C(=O)O)CC1)S(C)(=O)=O. The van der Waals surface area contributed by atoms with Crippen LogP contribution in [0, 0.1) is 11.8 Å². The van der Waals surface area contributed by atoms with Crippen molar-refractivity contribution in [1.29, 1.82) is 0 Å². The molecule has 1 aliphatic carbocycles. The maximum absolute atomic E-state index is 12.0. The minimum absolute atomic E-state index is 0.0729. The van der Waals surface area contributed by atoms with Crippen molar-refractivity contribution in [2.75, 3.05) is 12.8 Å². The average molecular weight is 305 g/mol. The summed E-state index contributed by atoms with van der Waals surface area (Å²) < 4.78 is 22.1. The summed E-state index contributed by atoms with van der Waals surface area (Å²) >= 11 is 0. The summed E-state index contributed by atoms with van der Waals surface area (Å²) in [6, 6.07) is 0. The van der Waals surface area contributed by atoms with E-state index in [4.69, 9.17) is 5.11 Å². The van der Waals surface area contributed by atoms with E-state index in [9.17, 15) is 18.0 Å². The number of hydrogen-bond acceptors (Lipinski definition) is 4. The van der Waals surface area contributed by atoms with Crippen molar-refractivity contribution in [3.8, 4) is 0 Å². The monoisotopic (exact) mass is 305 g/mol. The first-order valence-electron chi connectivity index (χ1n) is 6.75. The van der Waals surface area contributed by atoms with Gasteiger partial charge in [-0.2, -0.15) is 0 Å². The number of carbonyl (C=O) groups is 2. The highest BCUT2D eigenvalue weighted by Gasteiger charge is 2.33. The predicted molar refractivity (Wildman–Crippen MR) is 75.0 cm³/mol. The Bertz CT molecular complexity index is 475. The van der Waals surface area contributed by atoms with Crippen LogP contribution in [0.5, 0.6) is 0 Å². The molecule has 20 heavy (non-hydrogen) atoms. The second-order valence-electron chi connectivity index (χ2n) is 6.14. The Balaban J connectivity index is 2.48. The highest BCUT2D eigenvalue weighted by Crippen LogP contribution is 2.29. The number of carbonyl (C=O) groups excluding carboxylic acids is 1. The fourth-order valence-corrected chi connectivity index (χ4v) is 2.51. The summed E-state index contributed by atoms with van der Waals surface area (Å²) in [7, 11) is -3.24. The summed E-state index contributed by atoms with van der Waals surface area (Å²) in [4.78, 5) is 22.8. The van der Waals surface area contributed by atoms with E-state index in [0.717, 1.165) is 6.26 Å². The smallest absolute Gasteiger partial charge is 0.306 e. The molecule has 7 heteroatoms. The Labute approximate surface area is 119 Å². The van der Waals surface area contributed by atoms with Crippen LogP contribution in [-0.4, -0.2) is 42.9 Å². The molecule has 0 unspecified atom stereocenters. The van der Waals surface area contributed by atoms with E-state index < -0.39 is 20.6 Å². The van der Waals surface area contributed by atoms with Gasteiger partial charge in [-0.05, 0) is 39.5 Å². The van der Waals surface area contributed by atoms with E-state index >= 15 is 0 Å². The van der Waals surface area contributed by atoms with E-state index in [1.807, 2.05) is 0 Å². The quantitative estimate of drug-likeness (QED) is 0.783. The first-order valence-corrected chi connectivity index (χ1v) is 8.64. The normalized spacial score (nSPS) is 24.1. The summed E-state index contributed by atoms with van der Waals surface area (Å²) in [5.41, 5.74) is 0. The predicted octanol–water partition coefficient (Wildman–Crippen LogP) is 0.817. The van der Waals surface area contributed by atoms with Crippen LogP contribution in [0.1, 0.15) is 39.5 Å². The lowest BCUT2D eigenvalue weighted by Crippen LogP contribution is -2.46. The van der Waals surface area contributed by atoms with Crippen LogP contribution in [0.4, 0.5) is 0 Å². The van der Waals surface area contributed by atoms with E-state index in [-0.39, 0.29) is 24.3 Å². The lowest BCUT2D eigenvalue weighted by atomic mass is 9.81. The fraction of sp³-hybridized carbons (Fsp3) is 0.846. The molecule has 0 radical (unpaired) electrons. The van der Waals surface area contributed by atoms with Crippen LogP contribution in [0.25, 0.3) is 0 Å². The molecule has 0 saturated heterocycles. The maximum Gasteiger partial charge on any atom is 0.306 e. The molecular formula is C13H23NO5S. The van der Waals surface area contributed by atoms with Crippen molar-refractivity contribution in [2.45, 2.75) is 44.3 Å². The van der Waals surface area contributed by atoms with Crippen molar-refractivity contribution >= 4 is 21.7 Å². The summed E-state index contributed by atoms with van der Waals surface area (Å²) in [6.45, 7) is 3.22. The Hall–Kier alpha value is -1.11. The van der Waals surface area contributed by atoms with Crippen LogP contribution >= 0.6 is 0 Å². The van der Waals surface area contributed by atoms with Gasteiger partial charge in [0.1, 0.15) is 0 Å². The molecule has 0 bridgehead atoms. The number of amides is 1. The van der Waals surface area contributed by atoms with Crippen molar-refractivity contribution < 1.29 is 23.1 Å². The second-order valence-corrected chi connectivity index (χ2v) is 8.79. The highest BCUT2D eigenvalue weighted by molar-refractivity contribution is 7.92. The molecule has 1 aliphatic rings. The Morgan fingerprint density at radius 3 is 2.00 bits per heavy atom. The van der Waals surface area contributed by atoms with Gasteiger partial charge in [0.25, 0.3) is 0 Å². The number of carboxylic acids is 1. The van der Waals surface area contributed by atoms with Gasteiger partial charge >= 0.3 is 5.97 Å². The van der Waals surface area contributed by atoms with E-state index in [1.54, 1.807) is 13.8 Å². The molecule has 1 fully saturated rings. The molecule has 2 N–H and O–H groups in total. The number of carboxylic acid groups (broad SMARTS) is 1. The largest absolute Gasteiger partial charge is 0.481 e. The van der Waals surface area contributed by atoms with Gasteiger partial charge in [0.2, 0.25) is 5.91 Å². The molecule has 1 amide bonds. The van der Waals surface area contributed by atoms with Crippen LogP contribution < -0.4 is 5.32 Å². The number of rotatable bonds is 5. The van der Waals surface area contributed by atoms with Crippen LogP contribution in [-0.2, 0) is 19.4 Å². The Morgan fingerprint density at radius 1 is 1.15 bits per heavy atom. The zero-order valence-electron chi connectivity index (χ0n) is 12.2. The van der Waals surface area contributed by atoms with Gasteiger partial charge in [0, 0.05) is 18.7 Å². The number of nitrogens with one attached hydrogen (secondary N) is 1. The third kappa shape index (κ3) is 4.19. The lowest BCUT2D eigenvalue weighted by molar-refractivity contribution is -0.144. The first kappa shape index (κ1) is 16.9. The van der Waals surface area contributed by atoms with Crippen LogP contribution in [0.2, 0.25) is 0 Å². The number of aliphatic carboxylic acids is 1. The average Bonchev–Trinajstić information content (AvgIpc) is 2.34. The van der Waals surface area contributed by atoms with Gasteiger partial charge in [-0.3, -0.25) is 9.59 Å². The molecule has 0 aromatic heterocycles. The summed E-state index contributed by atoms with van der Waals surface area (Å²) in [5, 5.41) is 11.6. The van der Waals surface area contributed by atoms with E-state index in [0.29, 0.717) is 25.7 Å². The highest BCUT2D eigenvalue weighted by atomic mass is 32.2. The van der Waals surface area contributed by atoms with E-state index in [1.165, 1.54) is 0 Å². The molecule has 6 nitrogen and oxygen atoms in total. The Kier molecular flexibility index (Phi) is 5.18. The third-order valence-electron chi connectivity index (χ3n) is 4.14. The number of hydrogen-bond donors (Lipinski definition) is 2. The van der Waals surface area contributed by atoms with Crippen molar-refractivity contribution in [1.82, 2.24) is 5.32 Å². The van der Waals surface area contributed by atoms with Gasteiger partial charge < -0.3 is 10.4 Å². The second kappa shape index (κ2) is 6.11. The van der Waals surface area contributed by atoms with Crippen LogP contribution in [0.3, 0.4) is 0 Å². The summed E-state index contributed by atoms with van der Waals surface area (Å²) in [5.74, 6) is -1.54. The molecule has 0 atom stereocenters. The van der Waals surface area contributed by atoms with Gasteiger partial charge in [0.15, 0.2) is 9.84 Å². The molecule has 116 valence electrons. The van der Waals surface area contributed by atoms with Crippen molar-refractivity contribution in [3.05, 3.63) is 0 Å². The zero-order valence-corrected chi connectivity index (χ0v) is 13.0. The van der Waals surface area contributed by atoms with Gasteiger partial charge in [0.05, 0.1) is 10.7 Å². The van der Waals surface area contributed by atoms with Crippen LogP contribution in [0.15, 0.2) is 0 Å². The van der Waals surface area contributed by atoms with Crippen molar-refractivity contribution in [3.63, 3.8) is 0 Å². The fourth-order valence-electron chi connectivity index (χ4n) is 2.18.